The summed E-state index contributed by atoms with van der Waals surface area (Å²) in [6.07, 6.45) is 4.38. The molecule has 4 heteroatoms. The molecule has 0 saturated heterocycles. The van der Waals surface area contributed by atoms with Crippen molar-refractivity contribution >= 4 is 23.0 Å². The molecular formula is C15H16ClN3. The quantitative estimate of drug-likeness (QED) is 0.833. The van der Waals surface area contributed by atoms with Crippen molar-refractivity contribution in [3.05, 3.63) is 41.6 Å². The molecule has 3 rings (SSSR count). The highest BCUT2D eigenvalue weighted by Crippen LogP contribution is 2.37. The van der Waals surface area contributed by atoms with Crippen LogP contribution in [0.15, 0.2) is 36.5 Å². The van der Waals surface area contributed by atoms with Gasteiger partial charge in [0, 0.05) is 18.3 Å². The van der Waals surface area contributed by atoms with Gasteiger partial charge in [0.1, 0.15) is 0 Å². The monoisotopic (exact) mass is 273 g/mol. The molecule has 1 aromatic carbocycles. The average Bonchev–Trinajstić information content (AvgIpc) is 3.26. The third-order valence-corrected chi connectivity index (χ3v) is 3.81. The van der Waals surface area contributed by atoms with Gasteiger partial charge in [0.15, 0.2) is 0 Å². The number of nitrogens with one attached hydrogen (secondary N) is 1. The van der Waals surface area contributed by atoms with E-state index in [1.165, 1.54) is 12.8 Å². The van der Waals surface area contributed by atoms with Gasteiger partial charge in [-0.05, 0) is 43.0 Å². The molecule has 1 heterocycles. The van der Waals surface area contributed by atoms with Gasteiger partial charge in [0.25, 0.3) is 0 Å². The number of rotatable bonds is 4. The van der Waals surface area contributed by atoms with E-state index in [0.717, 1.165) is 29.4 Å². The SMILES string of the molecule is Nc1c(NCC2CC2)ccc(-c2ccccn2)c1Cl. The first-order valence-corrected chi connectivity index (χ1v) is 6.87. The van der Waals surface area contributed by atoms with Crippen molar-refractivity contribution in [1.82, 2.24) is 4.98 Å². The molecule has 1 aliphatic rings. The lowest BCUT2D eigenvalue weighted by Crippen LogP contribution is -2.06. The van der Waals surface area contributed by atoms with E-state index in [1.807, 2.05) is 30.3 Å². The Hall–Kier alpha value is -1.74. The number of anilines is 2. The molecule has 0 radical (unpaired) electrons. The standard InChI is InChI=1S/C15H16ClN3/c16-14-11(12-3-1-2-8-18-12)6-7-13(15(14)17)19-9-10-4-5-10/h1-3,6-8,10,19H,4-5,9,17H2. The average molecular weight is 274 g/mol. The number of nitrogens with zero attached hydrogens (tertiary/aromatic N) is 1. The third kappa shape index (κ3) is 2.66. The Morgan fingerprint density at radius 3 is 2.79 bits per heavy atom. The minimum Gasteiger partial charge on any atom is -0.396 e. The van der Waals surface area contributed by atoms with Crippen LogP contribution in [0.5, 0.6) is 0 Å². The normalized spacial score (nSPS) is 14.4. The number of nitrogen functional groups attached to an aromatic ring is 1. The maximum Gasteiger partial charge on any atom is 0.0750 e. The molecule has 0 amide bonds. The van der Waals surface area contributed by atoms with Gasteiger partial charge in [-0.2, -0.15) is 0 Å². The minimum absolute atomic E-state index is 0.569. The molecule has 1 aliphatic carbocycles. The summed E-state index contributed by atoms with van der Waals surface area (Å²) in [4.78, 5) is 4.30. The second kappa shape index (κ2) is 5.10. The number of benzene rings is 1. The van der Waals surface area contributed by atoms with Crippen molar-refractivity contribution in [2.75, 3.05) is 17.6 Å². The van der Waals surface area contributed by atoms with Crippen molar-refractivity contribution in [2.45, 2.75) is 12.8 Å². The number of nitrogens with two attached hydrogens (primary N) is 1. The number of hydrogen-bond acceptors (Lipinski definition) is 3. The first-order chi connectivity index (χ1) is 9.25. The van der Waals surface area contributed by atoms with Crippen molar-refractivity contribution in [2.24, 2.45) is 5.92 Å². The van der Waals surface area contributed by atoms with Gasteiger partial charge in [0.05, 0.1) is 22.1 Å². The molecule has 0 unspecified atom stereocenters. The molecule has 2 aromatic rings. The topological polar surface area (TPSA) is 50.9 Å². The molecule has 19 heavy (non-hydrogen) atoms. The Balaban J connectivity index is 1.89. The number of aromatic nitrogens is 1. The molecule has 0 spiro atoms. The van der Waals surface area contributed by atoms with Crippen LogP contribution in [0.1, 0.15) is 12.8 Å². The zero-order chi connectivity index (χ0) is 13.2. The maximum absolute atomic E-state index is 6.36. The van der Waals surface area contributed by atoms with E-state index in [0.29, 0.717) is 10.7 Å². The molecule has 0 aliphatic heterocycles. The van der Waals surface area contributed by atoms with Gasteiger partial charge in [0.2, 0.25) is 0 Å². The second-order valence-corrected chi connectivity index (χ2v) is 5.31. The first kappa shape index (κ1) is 12.3. The number of pyridine rings is 1. The van der Waals surface area contributed by atoms with Crippen LogP contribution in [0.25, 0.3) is 11.3 Å². The second-order valence-electron chi connectivity index (χ2n) is 4.93. The molecular weight excluding hydrogens is 258 g/mol. The highest BCUT2D eigenvalue weighted by molar-refractivity contribution is 6.36. The molecule has 1 fully saturated rings. The van der Waals surface area contributed by atoms with Gasteiger partial charge in [-0.1, -0.05) is 17.7 Å². The smallest absolute Gasteiger partial charge is 0.0750 e. The van der Waals surface area contributed by atoms with Gasteiger partial charge < -0.3 is 11.1 Å². The van der Waals surface area contributed by atoms with Crippen LogP contribution in [-0.4, -0.2) is 11.5 Å². The molecule has 98 valence electrons. The van der Waals surface area contributed by atoms with Crippen LogP contribution >= 0.6 is 11.6 Å². The highest BCUT2D eigenvalue weighted by Gasteiger charge is 2.21. The lowest BCUT2D eigenvalue weighted by atomic mass is 10.1. The molecule has 1 aromatic heterocycles. The molecule has 1 saturated carbocycles. The van der Waals surface area contributed by atoms with Gasteiger partial charge >= 0.3 is 0 Å². The van der Waals surface area contributed by atoms with E-state index in [1.54, 1.807) is 6.20 Å². The van der Waals surface area contributed by atoms with Crippen LogP contribution in [0.2, 0.25) is 5.02 Å². The summed E-state index contributed by atoms with van der Waals surface area (Å²) in [7, 11) is 0. The van der Waals surface area contributed by atoms with E-state index in [-0.39, 0.29) is 0 Å². The zero-order valence-corrected chi connectivity index (χ0v) is 11.3. The van der Waals surface area contributed by atoms with E-state index in [4.69, 9.17) is 17.3 Å². The van der Waals surface area contributed by atoms with E-state index >= 15 is 0 Å². The Bertz CT molecular complexity index is 579. The predicted molar refractivity (Wildman–Crippen MR) is 80.3 cm³/mol. The van der Waals surface area contributed by atoms with Crippen LogP contribution in [0.4, 0.5) is 11.4 Å². The summed E-state index contributed by atoms with van der Waals surface area (Å²) in [5, 5.41) is 3.93. The summed E-state index contributed by atoms with van der Waals surface area (Å²) in [6, 6.07) is 9.70. The summed E-state index contributed by atoms with van der Waals surface area (Å²) >= 11 is 6.36. The summed E-state index contributed by atoms with van der Waals surface area (Å²) in [5.74, 6) is 0.800. The molecule has 0 bridgehead atoms. The van der Waals surface area contributed by atoms with Crippen LogP contribution < -0.4 is 11.1 Å². The molecule has 3 N–H and O–H groups in total. The third-order valence-electron chi connectivity index (χ3n) is 3.40. The fourth-order valence-electron chi connectivity index (χ4n) is 2.04. The van der Waals surface area contributed by atoms with E-state index in [2.05, 4.69) is 10.3 Å². The lowest BCUT2D eigenvalue weighted by Gasteiger charge is -2.13. The lowest BCUT2D eigenvalue weighted by molar-refractivity contribution is 0.890. The first-order valence-electron chi connectivity index (χ1n) is 6.49. The summed E-state index contributed by atoms with van der Waals surface area (Å²) in [6.45, 7) is 0.976. The van der Waals surface area contributed by atoms with Crippen molar-refractivity contribution < 1.29 is 0 Å². The van der Waals surface area contributed by atoms with E-state index in [9.17, 15) is 0 Å². The van der Waals surface area contributed by atoms with Gasteiger partial charge in [-0.15, -0.1) is 0 Å². The van der Waals surface area contributed by atoms with Crippen LogP contribution in [-0.2, 0) is 0 Å². The summed E-state index contributed by atoms with van der Waals surface area (Å²) in [5.41, 5.74) is 9.33. The predicted octanol–water partition coefficient (Wildman–Crippen LogP) is 3.81. The van der Waals surface area contributed by atoms with Crippen molar-refractivity contribution in [3.63, 3.8) is 0 Å². The highest BCUT2D eigenvalue weighted by atomic mass is 35.5. The zero-order valence-electron chi connectivity index (χ0n) is 10.6. The molecule has 3 nitrogen and oxygen atoms in total. The number of hydrogen-bond donors (Lipinski definition) is 2. The largest absolute Gasteiger partial charge is 0.396 e. The van der Waals surface area contributed by atoms with Crippen LogP contribution in [0.3, 0.4) is 0 Å². The Morgan fingerprint density at radius 1 is 1.26 bits per heavy atom. The Kier molecular flexibility index (Phi) is 3.30. The van der Waals surface area contributed by atoms with Gasteiger partial charge in [-0.3, -0.25) is 4.98 Å². The maximum atomic E-state index is 6.36. The van der Waals surface area contributed by atoms with Crippen LogP contribution in [0, 0.1) is 5.92 Å². The fraction of sp³-hybridized carbons (Fsp3) is 0.267. The fourth-order valence-corrected chi connectivity index (χ4v) is 2.30. The molecule has 0 atom stereocenters. The number of halogens is 1. The van der Waals surface area contributed by atoms with Crippen molar-refractivity contribution in [1.29, 1.82) is 0 Å². The Morgan fingerprint density at radius 2 is 2.11 bits per heavy atom. The Labute approximate surface area is 117 Å². The van der Waals surface area contributed by atoms with Gasteiger partial charge in [-0.25, -0.2) is 0 Å². The summed E-state index contributed by atoms with van der Waals surface area (Å²) < 4.78 is 0. The van der Waals surface area contributed by atoms with E-state index < -0.39 is 0 Å². The van der Waals surface area contributed by atoms with Crippen molar-refractivity contribution in [3.8, 4) is 11.3 Å². The minimum atomic E-state index is 0.569.